The Labute approximate surface area is 174 Å². The second kappa shape index (κ2) is 7.42. The Bertz CT molecular complexity index is 1230. The molecule has 1 amide bonds. The summed E-state index contributed by atoms with van der Waals surface area (Å²) >= 11 is 0. The van der Waals surface area contributed by atoms with Crippen molar-refractivity contribution < 1.29 is 18.3 Å². The van der Waals surface area contributed by atoms with Crippen molar-refractivity contribution in [2.24, 2.45) is 0 Å². The number of nitrogens with zero attached hydrogens (tertiary/aromatic N) is 7. The van der Waals surface area contributed by atoms with E-state index in [4.69, 9.17) is 4.74 Å². The van der Waals surface area contributed by atoms with Crippen LogP contribution in [0.3, 0.4) is 0 Å². The predicted molar refractivity (Wildman–Crippen MR) is 104 cm³/mol. The number of carbonyl (C=O) groups is 1. The molecule has 0 saturated carbocycles. The van der Waals surface area contributed by atoms with Crippen LogP contribution >= 0.6 is 0 Å². The van der Waals surface area contributed by atoms with Crippen LogP contribution in [0.1, 0.15) is 16.8 Å². The summed E-state index contributed by atoms with van der Waals surface area (Å²) in [5, 5.41) is 12.1. The molecule has 1 saturated heterocycles. The maximum atomic E-state index is 14.6. The smallest absolute Gasteiger partial charge is 0.287 e. The largest absolute Gasteiger partial charge is 0.466 e. The normalized spacial score (nSPS) is 18.3. The molecule has 4 aromatic rings. The van der Waals surface area contributed by atoms with E-state index >= 15 is 0 Å². The summed E-state index contributed by atoms with van der Waals surface area (Å²) in [4.78, 5) is 20.1. The standard InChI is InChI=1S/C20H17F2N7O2/c21-20(22)7-12-27(13-16(20)31-18-6-11-28-17(26-18)5-8-23-28)19(30)14-3-1-2-4-15(14)29-24-9-10-25-29/h1-6,8-11,16H,7,12-13H2. The Morgan fingerprint density at radius 2 is 1.87 bits per heavy atom. The van der Waals surface area contributed by atoms with Crippen molar-refractivity contribution in [3.8, 4) is 11.6 Å². The fourth-order valence-corrected chi connectivity index (χ4v) is 3.52. The van der Waals surface area contributed by atoms with Crippen molar-refractivity contribution in [1.82, 2.24) is 34.5 Å². The molecule has 3 aromatic heterocycles. The summed E-state index contributed by atoms with van der Waals surface area (Å²) in [6.07, 6.45) is 4.08. The molecule has 5 rings (SSSR count). The Balaban J connectivity index is 1.39. The molecule has 11 heteroatoms. The average molecular weight is 425 g/mol. The molecular weight excluding hydrogens is 408 g/mol. The zero-order chi connectivity index (χ0) is 21.4. The number of hydrogen-bond acceptors (Lipinski definition) is 6. The Morgan fingerprint density at radius 3 is 2.71 bits per heavy atom. The summed E-state index contributed by atoms with van der Waals surface area (Å²) in [7, 11) is 0. The van der Waals surface area contributed by atoms with Crippen LogP contribution in [0.25, 0.3) is 11.3 Å². The minimum atomic E-state index is -3.10. The number of amides is 1. The molecule has 1 atom stereocenters. The van der Waals surface area contributed by atoms with Gasteiger partial charge in [0.1, 0.15) is 0 Å². The second-order valence-corrected chi connectivity index (χ2v) is 7.10. The molecule has 0 radical (unpaired) electrons. The quantitative estimate of drug-likeness (QED) is 0.498. The number of piperidine rings is 1. The highest BCUT2D eigenvalue weighted by Gasteiger charge is 2.47. The van der Waals surface area contributed by atoms with E-state index in [2.05, 4.69) is 20.3 Å². The first-order valence-corrected chi connectivity index (χ1v) is 9.61. The monoisotopic (exact) mass is 425 g/mol. The van der Waals surface area contributed by atoms with Gasteiger partial charge in [0.05, 0.1) is 36.4 Å². The summed E-state index contributed by atoms with van der Waals surface area (Å²) in [6.45, 7) is -0.375. The molecule has 1 aliphatic rings. The van der Waals surface area contributed by atoms with Gasteiger partial charge in [-0.3, -0.25) is 4.79 Å². The fraction of sp³-hybridized carbons (Fsp3) is 0.250. The zero-order valence-corrected chi connectivity index (χ0v) is 16.2. The molecule has 31 heavy (non-hydrogen) atoms. The number of alkyl halides is 2. The number of rotatable bonds is 4. The van der Waals surface area contributed by atoms with Crippen LogP contribution in [0.5, 0.6) is 5.88 Å². The summed E-state index contributed by atoms with van der Waals surface area (Å²) in [5.41, 5.74) is 1.27. The molecule has 1 unspecified atom stereocenters. The third-order valence-electron chi connectivity index (χ3n) is 5.12. The molecule has 9 nitrogen and oxygen atoms in total. The number of aromatic nitrogens is 6. The molecule has 158 valence electrons. The lowest BCUT2D eigenvalue weighted by Gasteiger charge is -2.38. The van der Waals surface area contributed by atoms with Gasteiger partial charge in [0.25, 0.3) is 11.8 Å². The van der Waals surface area contributed by atoms with E-state index in [1.54, 1.807) is 42.7 Å². The summed E-state index contributed by atoms with van der Waals surface area (Å²) in [6, 6.07) is 9.89. The van der Waals surface area contributed by atoms with E-state index < -0.39 is 24.4 Å². The van der Waals surface area contributed by atoms with Gasteiger partial charge in [0.2, 0.25) is 5.88 Å². The minimum Gasteiger partial charge on any atom is -0.466 e. The van der Waals surface area contributed by atoms with Crippen LogP contribution in [-0.2, 0) is 0 Å². The van der Waals surface area contributed by atoms with Gasteiger partial charge in [-0.2, -0.15) is 25.1 Å². The lowest BCUT2D eigenvalue weighted by atomic mass is 10.0. The van der Waals surface area contributed by atoms with Gasteiger partial charge in [-0.1, -0.05) is 12.1 Å². The summed E-state index contributed by atoms with van der Waals surface area (Å²) in [5.74, 6) is -3.45. The van der Waals surface area contributed by atoms with E-state index in [9.17, 15) is 13.6 Å². The maximum Gasteiger partial charge on any atom is 0.287 e. The number of likely N-dealkylation sites (tertiary alicyclic amines) is 1. The SMILES string of the molecule is O=C(c1ccccc1-n1nccn1)N1CCC(F)(F)C(Oc2ccn3nccc3n2)C1. The van der Waals surface area contributed by atoms with E-state index in [0.29, 0.717) is 16.9 Å². The first-order valence-electron chi connectivity index (χ1n) is 9.61. The molecule has 0 bridgehead atoms. The van der Waals surface area contributed by atoms with E-state index in [1.165, 1.54) is 32.7 Å². The number of fused-ring (bicyclic) bond motifs is 1. The van der Waals surface area contributed by atoms with Crippen molar-refractivity contribution in [3.05, 3.63) is 66.7 Å². The Kier molecular flexibility index (Phi) is 4.57. The van der Waals surface area contributed by atoms with Gasteiger partial charge in [0, 0.05) is 31.3 Å². The Morgan fingerprint density at radius 1 is 1.06 bits per heavy atom. The van der Waals surface area contributed by atoms with E-state index in [0.717, 1.165) is 0 Å². The highest BCUT2D eigenvalue weighted by atomic mass is 19.3. The van der Waals surface area contributed by atoms with Crippen molar-refractivity contribution in [1.29, 1.82) is 0 Å². The highest BCUT2D eigenvalue weighted by Crippen LogP contribution is 2.32. The van der Waals surface area contributed by atoms with Gasteiger partial charge >= 0.3 is 0 Å². The zero-order valence-electron chi connectivity index (χ0n) is 16.2. The average Bonchev–Trinajstić information content (AvgIpc) is 3.46. The number of para-hydroxylation sites is 1. The van der Waals surface area contributed by atoms with E-state index in [1.807, 2.05) is 0 Å². The number of carbonyl (C=O) groups excluding carboxylic acids is 1. The molecular formula is C20H17F2N7O2. The molecule has 0 aliphatic carbocycles. The lowest BCUT2D eigenvalue weighted by Crippen LogP contribution is -2.55. The van der Waals surface area contributed by atoms with Gasteiger partial charge in [0.15, 0.2) is 11.8 Å². The maximum absolute atomic E-state index is 14.6. The molecule has 1 aromatic carbocycles. The molecule has 1 aliphatic heterocycles. The Hall–Kier alpha value is -3.89. The number of benzene rings is 1. The molecule has 0 spiro atoms. The molecule has 4 heterocycles. The number of hydrogen-bond donors (Lipinski definition) is 0. The van der Waals surface area contributed by atoms with Crippen LogP contribution < -0.4 is 4.74 Å². The van der Waals surface area contributed by atoms with Crippen molar-refractivity contribution in [2.45, 2.75) is 18.4 Å². The molecule has 0 N–H and O–H groups in total. The van der Waals surface area contributed by atoms with Crippen LogP contribution in [0.2, 0.25) is 0 Å². The first-order chi connectivity index (χ1) is 15.0. The van der Waals surface area contributed by atoms with Gasteiger partial charge in [-0.05, 0) is 12.1 Å². The highest BCUT2D eigenvalue weighted by molar-refractivity contribution is 5.97. The van der Waals surface area contributed by atoms with Gasteiger partial charge < -0.3 is 9.64 Å². The van der Waals surface area contributed by atoms with Crippen molar-refractivity contribution in [3.63, 3.8) is 0 Å². The third kappa shape index (κ3) is 3.58. The van der Waals surface area contributed by atoms with Crippen molar-refractivity contribution in [2.75, 3.05) is 13.1 Å². The summed E-state index contributed by atoms with van der Waals surface area (Å²) < 4.78 is 36.3. The van der Waals surface area contributed by atoms with Crippen LogP contribution in [0, 0.1) is 0 Å². The minimum absolute atomic E-state index is 0.0492. The lowest BCUT2D eigenvalue weighted by molar-refractivity contribution is -0.131. The predicted octanol–water partition coefficient (Wildman–Crippen LogP) is 2.24. The topological polar surface area (TPSA) is 90.4 Å². The van der Waals surface area contributed by atoms with Crippen molar-refractivity contribution >= 4 is 11.6 Å². The van der Waals surface area contributed by atoms with Crippen LogP contribution in [-0.4, -0.2) is 65.5 Å². The number of ether oxygens (including phenoxy) is 1. The molecule has 1 fully saturated rings. The third-order valence-corrected chi connectivity index (χ3v) is 5.12. The number of halogens is 2. The van der Waals surface area contributed by atoms with Gasteiger partial charge in [-0.15, -0.1) is 0 Å². The van der Waals surface area contributed by atoms with Crippen LogP contribution in [0.15, 0.2) is 61.2 Å². The van der Waals surface area contributed by atoms with E-state index in [-0.39, 0.29) is 19.0 Å². The van der Waals surface area contributed by atoms with Gasteiger partial charge in [-0.25, -0.2) is 13.3 Å². The van der Waals surface area contributed by atoms with Crippen LogP contribution in [0.4, 0.5) is 8.78 Å². The fourth-order valence-electron chi connectivity index (χ4n) is 3.52. The first kappa shape index (κ1) is 19.1. The second-order valence-electron chi connectivity index (χ2n) is 7.10.